The zero-order valence-electron chi connectivity index (χ0n) is 23.3. The molecule has 2 fully saturated rings. The van der Waals surface area contributed by atoms with Gasteiger partial charge < -0.3 is 39.0 Å². The first-order valence-corrected chi connectivity index (χ1v) is 14.6. The van der Waals surface area contributed by atoms with Gasteiger partial charge >= 0.3 is 6.01 Å². The number of likely N-dealkylation sites (tertiary alicyclic amines) is 1. The number of nitrogens with one attached hydrogen (secondary N) is 1. The van der Waals surface area contributed by atoms with Gasteiger partial charge in [0.15, 0.2) is 0 Å². The first-order valence-electron chi connectivity index (χ1n) is 13.8. The van der Waals surface area contributed by atoms with Crippen molar-refractivity contribution in [3.05, 3.63) is 48.7 Å². The van der Waals surface area contributed by atoms with Gasteiger partial charge in [0.1, 0.15) is 11.9 Å². The Kier molecular flexibility index (Phi) is 7.94. The van der Waals surface area contributed by atoms with Crippen molar-refractivity contribution in [1.29, 1.82) is 0 Å². The molecule has 6 rings (SSSR count). The van der Waals surface area contributed by atoms with Crippen LogP contribution in [0.5, 0.6) is 11.8 Å². The fourth-order valence-electron chi connectivity index (χ4n) is 6.00. The van der Waals surface area contributed by atoms with Crippen molar-refractivity contribution in [1.82, 2.24) is 14.9 Å². The van der Waals surface area contributed by atoms with Gasteiger partial charge in [-0.1, -0.05) is 6.07 Å². The topological polar surface area (TPSA) is 106 Å². The van der Waals surface area contributed by atoms with E-state index in [0.717, 1.165) is 43.6 Å². The molecule has 0 spiro atoms. The number of benzene rings is 2. The second-order valence-corrected chi connectivity index (χ2v) is 11.7. The Bertz CT molecular complexity index is 1610. The molecule has 2 aromatic heterocycles. The van der Waals surface area contributed by atoms with Gasteiger partial charge in [0.2, 0.25) is 0 Å². The van der Waals surface area contributed by atoms with Gasteiger partial charge in [-0.25, -0.2) is 8.78 Å². The zero-order valence-corrected chi connectivity index (χ0v) is 27.1. The van der Waals surface area contributed by atoms with E-state index in [4.69, 9.17) is 15.2 Å². The van der Waals surface area contributed by atoms with Crippen molar-refractivity contribution in [3.63, 3.8) is 0 Å². The average molecular weight is 828 g/mol. The van der Waals surface area contributed by atoms with Crippen molar-refractivity contribution in [3.8, 4) is 22.9 Å². The van der Waals surface area contributed by atoms with Gasteiger partial charge in [-0.2, -0.15) is 37.8 Å². The number of phenolic OH excluding ortho intramolecular Hbond substituents is 1. The summed E-state index contributed by atoms with van der Waals surface area (Å²) in [5.74, 6) is -1.22. The van der Waals surface area contributed by atoms with E-state index < -0.39 is 11.6 Å². The number of nitrogens with zero attached hydrogens (tertiary/aromatic N) is 3. The summed E-state index contributed by atoms with van der Waals surface area (Å²) in [6.45, 7) is 7.88. The Morgan fingerprint density at radius 1 is 1.31 bits per heavy atom. The third-order valence-corrected chi connectivity index (χ3v) is 8.96. The van der Waals surface area contributed by atoms with Crippen LogP contribution in [0.1, 0.15) is 38.2 Å². The summed E-state index contributed by atoms with van der Waals surface area (Å²) < 4.78 is 43.5. The molecule has 4 heterocycles. The normalized spacial score (nSPS) is 20.0. The molecular formula is C30H32CmF2N5O3S-3. The van der Waals surface area contributed by atoms with E-state index >= 15 is 4.39 Å². The number of likely N-dealkylation sites (N-methyl/N-ethyl adjacent to an activating group) is 1. The third-order valence-electron chi connectivity index (χ3n) is 8.03. The van der Waals surface area contributed by atoms with Crippen molar-refractivity contribution in [2.24, 2.45) is 0 Å². The molecule has 0 bridgehead atoms. The molecule has 0 aliphatic carbocycles. The minimum absolute atomic E-state index is 0. The van der Waals surface area contributed by atoms with E-state index in [1.54, 1.807) is 0 Å². The molecule has 0 saturated carbocycles. The molecule has 0 amide bonds. The Morgan fingerprint density at radius 3 is 2.81 bits per heavy atom. The van der Waals surface area contributed by atoms with Crippen molar-refractivity contribution >= 4 is 43.1 Å². The van der Waals surface area contributed by atoms with E-state index in [0.29, 0.717) is 24.2 Å². The van der Waals surface area contributed by atoms with Crippen molar-refractivity contribution < 1.29 is 23.4 Å². The van der Waals surface area contributed by atoms with Gasteiger partial charge in [0.25, 0.3) is 0 Å². The first-order chi connectivity index (χ1) is 19.8. The molecule has 2 aliphatic heterocycles. The number of ether oxygens (including phenoxy) is 2. The maximum Gasteiger partial charge on any atom is 0.319 e. The van der Waals surface area contributed by atoms with Crippen LogP contribution >= 0.6 is 11.3 Å². The Balaban J connectivity index is 0.00000353. The predicted octanol–water partition coefficient (Wildman–Crippen LogP) is 5.72. The van der Waals surface area contributed by atoms with Gasteiger partial charge in [-0.15, -0.1) is 17.7 Å². The van der Waals surface area contributed by atoms with Gasteiger partial charge in [-0.3, -0.25) is 4.90 Å². The minimum Gasteiger partial charge on any atom is -0.564 e. The number of aromatic nitrogens is 2. The summed E-state index contributed by atoms with van der Waals surface area (Å²) in [5.41, 5.74) is 6.28. The first kappa shape index (κ1) is 29.1. The number of anilines is 2. The van der Waals surface area contributed by atoms with E-state index in [2.05, 4.69) is 33.2 Å². The molecular weight excluding hydrogens is 795 g/mol. The molecule has 3 atom stereocenters. The average Bonchev–Trinajstić information content (AvgIpc) is 3.57. The molecule has 12 heteroatoms. The number of hydrogen-bond donors (Lipinski definition) is 3. The summed E-state index contributed by atoms with van der Waals surface area (Å²) in [6, 6.07) is 5.71. The molecule has 0 radical (unpaired) electrons. The molecule has 4 aromatic rings. The van der Waals surface area contributed by atoms with Gasteiger partial charge in [-0.05, 0) is 50.9 Å². The summed E-state index contributed by atoms with van der Waals surface area (Å²) in [4.78, 5) is 11.3. The number of fused-ring (bicyclic) bond motifs is 2. The number of thiophene rings is 1. The smallest absolute Gasteiger partial charge is 0.319 e. The van der Waals surface area contributed by atoms with Crippen LogP contribution < -0.4 is 15.8 Å². The summed E-state index contributed by atoms with van der Waals surface area (Å²) >= 11 is 1.02. The largest absolute Gasteiger partial charge is 0.564 e. The molecule has 4 N–H and O–H groups in total. The zero-order chi connectivity index (χ0) is 28.8. The quantitative estimate of drug-likeness (QED) is 0.204. The Morgan fingerprint density at radius 2 is 2.12 bits per heavy atom. The van der Waals surface area contributed by atoms with Gasteiger partial charge in [0.05, 0.1) is 29.8 Å². The van der Waals surface area contributed by atoms with E-state index in [1.165, 1.54) is 18.6 Å². The van der Waals surface area contributed by atoms with Crippen molar-refractivity contribution in [2.45, 2.75) is 50.8 Å². The fourth-order valence-corrected chi connectivity index (χ4v) is 6.80. The van der Waals surface area contributed by atoms with Crippen molar-refractivity contribution in [2.75, 3.05) is 37.9 Å². The number of hydrogen-bond acceptors (Lipinski definition) is 9. The Hall–Kier alpha value is -4.41. The van der Waals surface area contributed by atoms with Crippen LogP contribution in [0.15, 0.2) is 12.1 Å². The molecule has 42 heavy (non-hydrogen) atoms. The number of rotatable bonds is 7. The van der Waals surface area contributed by atoms with E-state index in [9.17, 15) is 9.50 Å². The maximum absolute atomic E-state index is 16.8. The Labute approximate surface area is 241 Å². The summed E-state index contributed by atoms with van der Waals surface area (Å²) in [6.07, 6.45) is 4.83. The molecule has 2 aliphatic rings. The van der Waals surface area contributed by atoms with Crippen LogP contribution in [0.2, 0.25) is 0 Å². The van der Waals surface area contributed by atoms with Crippen LogP contribution in [0, 0.1) is 31.0 Å². The fraction of sp³-hybridized carbons (Fsp3) is 0.400. The predicted molar refractivity (Wildman–Crippen MR) is 157 cm³/mol. The van der Waals surface area contributed by atoms with Gasteiger partial charge in [0, 0.05) is 28.8 Å². The second kappa shape index (κ2) is 11.5. The molecule has 1 unspecified atom stereocenters. The SMILES string of the molecule is [CH2-][CH-]c1c(-c2ccc(F)c3sc(N)[c-]c23)c(F)c2nc(O[C@@H](C)[C@@H]3CCCN3C)nc(NC3CCCOC3)c2c1O.[Cm]. The number of aromatic hydroxyl groups is 1. The number of nitrogens with two attached hydrogens (primary N) is 1. The third kappa shape index (κ3) is 4.97. The summed E-state index contributed by atoms with van der Waals surface area (Å²) in [7, 11) is 2.05. The minimum atomic E-state index is -0.723. The number of nitrogen functional groups attached to an aromatic ring is 1. The van der Waals surface area contributed by atoms with E-state index in [1.807, 2.05) is 14.0 Å². The second-order valence-electron chi connectivity index (χ2n) is 10.7. The molecule has 226 valence electrons. The van der Waals surface area contributed by atoms with Crippen LogP contribution in [0.25, 0.3) is 32.1 Å². The van der Waals surface area contributed by atoms with E-state index in [-0.39, 0.29) is 67.5 Å². The number of halogens is 2. The maximum atomic E-state index is 16.8. The molecule has 2 aromatic carbocycles. The summed E-state index contributed by atoms with van der Waals surface area (Å²) in [5, 5.41) is 15.6. The number of phenols is 1. The van der Waals surface area contributed by atoms with Crippen LogP contribution in [-0.4, -0.2) is 65.0 Å². The standard InChI is InChI=1S/C30H32F2N5O3S.Cm/c1-4-17-23(18-9-10-20(31)28-19(18)13-22(33)41-28)25(32)26-24(27(17)38)29(34-16-7-6-12-39-14-16)36-30(35-26)40-15(2)21-8-5-11-37(21)3;/h4,9-10,15-16,21,38H,1,5-8,11-12,14,33H2,2-3H3,(H,34,35,36);/q-3;/t15-,16?,21-;/m0./s1. The monoisotopic (exact) mass is 823 g/mol. The molecule has 8 nitrogen and oxygen atoms in total. The van der Waals surface area contributed by atoms with Crippen LogP contribution in [-0.2, 0) is 4.74 Å². The van der Waals surface area contributed by atoms with Crippen LogP contribution in [0.3, 0.4) is 0 Å². The molecule has 2 saturated heterocycles. The van der Waals surface area contributed by atoms with Crippen LogP contribution in [0.4, 0.5) is 19.6 Å².